The Morgan fingerprint density at radius 2 is 1.43 bits per heavy atom. The molecule has 0 saturated heterocycles. The predicted octanol–water partition coefficient (Wildman–Crippen LogP) is 5.80. The van der Waals surface area contributed by atoms with E-state index in [-0.39, 0.29) is 0 Å². The van der Waals surface area contributed by atoms with Gasteiger partial charge in [-0.05, 0) is 29.7 Å². The van der Waals surface area contributed by atoms with Gasteiger partial charge in [0.05, 0.1) is 5.69 Å². The number of nitrogens with zero attached hydrogens (tertiary/aromatic N) is 1. The van der Waals surface area contributed by atoms with Crippen LogP contribution >= 0.6 is 0 Å². The van der Waals surface area contributed by atoms with Crippen LogP contribution in [0.5, 0.6) is 0 Å². The van der Waals surface area contributed by atoms with Gasteiger partial charge >= 0.3 is 0 Å². The van der Waals surface area contributed by atoms with Crippen molar-refractivity contribution in [3.8, 4) is 11.3 Å². The Kier molecular flexibility index (Phi) is 2.53. The summed E-state index contributed by atoms with van der Waals surface area (Å²) in [5.74, 6) is 0. The summed E-state index contributed by atoms with van der Waals surface area (Å²) in [6, 6.07) is 24.8. The van der Waals surface area contributed by atoms with Crippen molar-refractivity contribution in [2.45, 2.75) is 0 Å². The summed E-state index contributed by atoms with van der Waals surface area (Å²) in [4.78, 5) is 4.47. The number of pyridine rings is 1. The monoisotopic (exact) mass is 295 g/mol. The number of hydrogen-bond donors (Lipinski definition) is 0. The molecular formula is C21H13NO. The van der Waals surface area contributed by atoms with Crippen LogP contribution in [-0.4, -0.2) is 4.98 Å². The first-order valence-corrected chi connectivity index (χ1v) is 7.66. The molecule has 2 heteroatoms. The first-order chi connectivity index (χ1) is 11.4. The van der Waals surface area contributed by atoms with E-state index in [1.807, 2.05) is 24.4 Å². The lowest BCUT2D eigenvalue weighted by Gasteiger charge is -2.00. The van der Waals surface area contributed by atoms with E-state index >= 15 is 0 Å². The summed E-state index contributed by atoms with van der Waals surface area (Å²) >= 11 is 0. The van der Waals surface area contributed by atoms with Gasteiger partial charge in [0.25, 0.3) is 0 Å². The van der Waals surface area contributed by atoms with E-state index in [2.05, 4.69) is 59.6 Å². The molecule has 2 heterocycles. The molecule has 0 aliphatic carbocycles. The van der Waals surface area contributed by atoms with Crippen LogP contribution in [0, 0.1) is 0 Å². The van der Waals surface area contributed by atoms with Crippen LogP contribution in [0.15, 0.2) is 83.4 Å². The second-order valence-electron chi connectivity index (χ2n) is 5.66. The van der Waals surface area contributed by atoms with E-state index in [0.717, 1.165) is 38.6 Å². The maximum Gasteiger partial charge on any atom is 0.144 e. The number of rotatable bonds is 1. The van der Waals surface area contributed by atoms with Gasteiger partial charge < -0.3 is 4.42 Å². The third-order valence-corrected chi connectivity index (χ3v) is 4.33. The highest BCUT2D eigenvalue weighted by Crippen LogP contribution is 2.37. The number of aromatic nitrogens is 1. The van der Waals surface area contributed by atoms with Gasteiger partial charge in [0, 0.05) is 27.9 Å². The molecule has 2 nitrogen and oxygen atoms in total. The van der Waals surface area contributed by atoms with E-state index in [9.17, 15) is 0 Å². The first-order valence-electron chi connectivity index (χ1n) is 7.66. The minimum absolute atomic E-state index is 0.901. The van der Waals surface area contributed by atoms with Crippen LogP contribution in [0.3, 0.4) is 0 Å². The smallest absolute Gasteiger partial charge is 0.144 e. The maximum absolute atomic E-state index is 6.31. The van der Waals surface area contributed by atoms with E-state index in [1.165, 1.54) is 5.39 Å². The average molecular weight is 295 g/mol. The Hall–Kier alpha value is -3.13. The maximum atomic E-state index is 6.31. The van der Waals surface area contributed by atoms with Crippen LogP contribution in [0.1, 0.15) is 0 Å². The van der Waals surface area contributed by atoms with Crippen molar-refractivity contribution >= 4 is 32.7 Å². The summed E-state index contributed by atoms with van der Waals surface area (Å²) in [6.45, 7) is 0. The summed E-state index contributed by atoms with van der Waals surface area (Å²) in [7, 11) is 0. The number of fused-ring (bicyclic) bond motifs is 5. The molecular weight excluding hydrogens is 282 g/mol. The zero-order chi connectivity index (χ0) is 15.2. The van der Waals surface area contributed by atoms with Crippen molar-refractivity contribution < 1.29 is 4.42 Å². The Labute approximate surface area is 133 Å². The molecule has 0 atom stereocenters. The third kappa shape index (κ3) is 1.78. The molecule has 0 bridgehead atoms. The highest BCUT2D eigenvalue weighted by molar-refractivity contribution is 6.17. The van der Waals surface area contributed by atoms with Gasteiger partial charge in [-0.1, -0.05) is 48.5 Å². The second-order valence-corrected chi connectivity index (χ2v) is 5.66. The Balaban J connectivity index is 1.95. The molecule has 0 radical (unpaired) electrons. The topological polar surface area (TPSA) is 26.0 Å². The average Bonchev–Trinajstić information content (AvgIpc) is 3.01. The minimum Gasteiger partial charge on any atom is -0.455 e. The van der Waals surface area contributed by atoms with Crippen molar-refractivity contribution in [2.24, 2.45) is 0 Å². The van der Waals surface area contributed by atoms with Crippen LogP contribution in [0.2, 0.25) is 0 Å². The fourth-order valence-corrected chi connectivity index (χ4v) is 3.25. The van der Waals surface area contributed by atoms with Gasteiger partial charge in [-0.25, -0.2) is 0 Å². The SMILES string of the molecule is c1ccc(-c2cccc3c2oc2c4ccccc4ccc32)nc1. The van der Waals surface area contributed by atoms with Crippen molar-refractivity contribution in [1.82, 2.24) is 4.98 Å². The third-order valence-electron chi connectivity index (χ3n) is 4.33. The van der Waals surface area contributed by atoms with Gasteiger partial charge in [0.2, 0.25) is 0 Å². The molecule has 0 spiro atoms. The highest BCUT2D eigenvalue weighted by atomic mass is 16.3. The fourth-order valence-electron chi connectivity index (χ4n) is 3.25. The zero-order valence-corrected chi connectivity index (χ0v) is 12.4. The number of benzene rings is 3. The van der Waals surface area contributed by atoms with Gasteiger partial charge in [-0.3, -0.25) is 4.98 Å². The van der Waals surface area contributed by atoms with Crippen molar-refractivity contribution in [2.75, 3.05) is 0 Å². The van der Waals surface area contributed by atoms with E-state index in [0.29, 0.717) is 0 Å². The van der Waals surface area contributed by atoms with Crippen LogP contribution < -0.4 is 0 Å². The van der Waals surface area contributed by atoms with Crippen molar-refractivity contribution in [3.05, 3.63) is 79.0 Å². The quantitative estimate of drug-likeness (QED) is 0.390. The number of furan rings is 1. The molecule has 0 amide bonds. The summed E-state index contributed by atoms with van der Waals surface area (Å²) in [6.07, 6.45) is 1.81. The summed E-state index contributed by atoms with van der Waals surface area (Å²) in [5, 5.41) is 4.62. The fraction of sp³-hybridized carbons (Fsp3) is 0. The lowest BCUT2D eigenvalue weighted by molar-refractivity contribution is 0.673. The summed E-state index contributed by atoms with van der Waals surface area (Å²) < 4.78 is 6.31. The first kappa shape index (κ1) is 12.4. The van der Waals surface area contributed by atoms with E-state index in [4.69, 9.17) is 4.42 Å². The van der Waals surface area contributed by atoms with E-state index in [1.54, 1.807) is 0 Å². The summed E-state index contributed by atoms with van der Waals surface area (Å²) in [5.41, 5.74) is 3.81. The molecule has 5 aromatic rings. The highest BCUT2D eigenvalue weighted by Gasteiger charge is 2.14. The van der Waals surface area contributed by atoms with Crippen molar-refractivity contribution in [3.63, 3.8) is 0 Å². The predicted molar refractivity (Wildman–Crippen MR) is 94.5 cm³/mol. The standard InChI is InChI=1S/C21H13NO/c1-2-7-15-14(6-1)11-12-17-16-8-5-9-18(21(16)23-20(15)17)19-10-3-4-13-22-19/h1-13H. The Morgan fingerprint density at radius 1 is 0.609 bits per heavy atom. The Morgan fingerprint density at radius 3 is 2.35 bits per heavy atom. The molecule has 108 valence electrons. The van der Waals surface area contributed by atoms with Gasteiger partial charge in [0.15, 0.2) is 0 Å². The van der Waals surface area contributed by atoms with Gasteiger partial charge in [0.1, 0.15) is 11.2 Å². The van der Waals surface area contributed by atoms with Gasteiger partial charge in [-0.15, -0.1) is 0 Å². The molecule has 0 aliphatic rings. The normalized spacial score (nSPS) is 11.5. The largest absolute Gasteiger partial charge is 0.455 e. The van der Waals surface area contributed by atoms with E-state index < -0.39 is 0 Å². The molecule has 5 rings (SSSR count). The number of para-hydroxylation sites is 1. The molecule has 0 N–H and O–H groups in total. The molecule has 2 aromatic heterocycles. The molecule has 23 heavy (non-hydrogen) atoms. The van der Waals surface area contributed by atoms with Crippen molar-refractivity contribution in [1.29, 1.82) is 0 Å². The molecule has 0 unspecified atom stereocenters. The number of hydrogen-bond acceptors (Lipinski definition) is 2. The van der Waals surface area contributed by atoms with Crippen LogP contribution in [0.4, 0.5) is 0 Å². The zero-order valence-electron chi connectivity index (χ0n) is 12.4. The van der Waals surface area contributed by atoms with Crippen LogP contribution in [-0.2, 0) is 0 Å². The molecule has 0 aliphatic heterocycles. The van der Waals surface area contributed by atoms with Crippen LogP contribution in [0.25, 0.3) is 44.0 Å². The van der Waals surface area contributed by atoms with Gasteiger partial charge in [-0.2, -0.15) is 0 Å². The molecule has 3 aromatic carbocycles. The molecule has 0 fully saturated rings. The second kappa shape index (κ2) is 4.68. The lowest BCUT2D eigenvalue weighted by atomic mass is 10.0. The minimum atomic E-state index is 0.901. The lowest BCUT2D eigenvalue weighted by Crippen LogP contribution is -1.81. The Bertz CT molecular complexity index is 1160. The molecule has 0 saturated carbocycles.